The Morgan fingerprint density at radius 3 is 2.73 bits per heavy atom. The zero-order chi connectivity index (χ0) is 22.9. The second-order valence-corrected chi connectivity index (χ2v) is 9.67. The maximum Gasteiger partial charge on any atom is 0.0487 e. The summed E-state index contributed by atoms with van der Waals surface area (Å²) >= 11 is 0. The fourth-order valence-electron chi connectivity index (χ4n) is 5.12. The average molecular weight is 443 g/mol. The first-order valence-corrected chi connectivity index (χ1v) is 12.5. The maximum absolute atomic E-state index is 6.88. The van der Waals surface area contributed by atoms with Gasteiger partial charge in [-0.05, 0) is 55.5 Å². The second-order valence-electron chi connectivity index (χ2n) is 9.67. The summed E-state index contributed by atoms with van der Waals surface area (Å²) in [4.78, 5) is 7.60. The highest BCUT2D eigenvalue weighted by molar-refractivity contribution is 5.82. The molecule has 0 radical (unpaired) electrons. The van der Waals surface area contributed by atoms with Gasteiger partial charge in [0.2, 0.25) is 0 Å². The number of nitrogens with two attached hydrogens (primary N) is 1. The normalized spacial score (nSPS) is 21.5. The van der Waals surface area contributed by atoms with Crippen molar-refractivity contribution in [3.63, 3.8) is 0 Å². The molecular formula is C29H38N4. The van der Waals surface area contributed by atoms with Crippen LogP contribution in [0.4, 0.5) is 5.69 Å². The Kier molecular flexibility index (Phi) is 8.01. The van der Waals surface area contributed by atoms with Crippen molar-refractivity contribution in [3.8, 4) is 0 Å². The molecule has 0 bridgehead atoms. The zero-order valence-corrected chi connectivity index (χ0v) is 19.9. The van der Waals surface area contributed by atoms with Crippen LogP contribution in [-0.2, 0) is 6.42 Å². The van der Waals surface area contributed by atoms with Crippen LogP contribution in [0, 0.1) is 0 Å². The molecule has 0 saturated heterocycles. The topological polar surface area (TPSA) is 66.7 Å². The molecule has 4 nitrogen and oxygen atoms in total. The third-order valence-electron chi connectivity index (χ3n) is 7.05. The maximum atomic E-state index is 6.88. The van der Waals surface area contributed by atoms with Gasteiger partial charge >= 0.3 is 0 Å². The lowest BCUT2D eigenvalue weighted by atomic mass is 9.76. The molecule has 0 amide bonds. The third-order valence-corrected chi connectivity index (χ3v) is 7.05. The monoisotopic (exact) mass is 442 g/mol. The lowest BCUT2D eigenvalue weighted by molar-refractivity contribution is 0.330. The van der Waals surface area contributed by atoms with Gasteiger partial charge in [-0.3, -0.25) is 4.98 Å². The molecule has 2 heterocycles. The van der Waals surface area contributed by atoms with E-state index in [1.54, 1.807) is 0 Å². The highest BCUT2D eigenvalue weighted by atomic mass is 14.9. The van der Waals surface area contributed by atoms with Gasteiger partial charge in [-0.25, -0.2) is 0 Å². The van der Waals surface area contributed by atoms with Crippen molar-refractivity contribution in [2.45, 2.75) is 69.7 Å². The van der Waals surface area contributed by atoms with Crippen molar-refractivity contribution in [2.75, 3.05) is 11.9 Å². The third kappa shape index (κ3) is 6.35. The van der Waals surface area contributed by atoms with E-state index < -0.39 is 0 Å². The smallest absolute Gasteiger partial charge is 0.0487 e. The highest BCUT2D eigenvalue weighted by Crippen LogP contribution is 2.36. The Labute approximate surface area is 198 Å². The summed E-state index contributed by atoms with van der Waals surface area (Å²) in [6, 6.07) is 19.4. The van der Waals surface area contributed by atoms with E-state index in [-0.39, 0.29) is 5.54 Å². The number of nitrogens with one attached hydrogen (secondary N) is 2. The predicted octanol–water partition coefficient (Wildman–Crippen LogP) is 6.89. The Morgan fingerprint density at radius 1 is 1.00 bits per heavy atom. The number of hydrogen-bond donors (Lipinski definition) is 3. The van der Waals surface area contributed by atoms with Crippen LogP contribution in [0.5, 0.6) is 0 Å². The predicted molar refractivity (Wildman–Crippen MR) is 140 cm³/mol. The van der Waals surface area contributed by atoms with Gasteiger partial charge in [-0.1, -0.05) is 68.5 Å². The van der Waals surface area contributed by atoms with Gasteiger partial charge in [0, 0.05) is 53.2 Å². The van der Waals surface area contributed by atoms with Gasteiger partial charge in [0.15, 0.2) is 0 Å². The summed E-state index contributed by atoms with van der Waals surface area (Å²) in [5.41, 5.74) is 11.6. The van der Waals surface area contributed by atoms with Gasteiger partial charge in [-0.2, -0.15) is 0 Å². The van der Waals surface area contributed by atoms with Gasteiger partial charge in [0.1, 0.15) is 0 Å². The fraction of sp³-hybridized carbons (Fsp3) is 0.414. The fourth-order valence-corrected chi connectivity index (χ4v) is 5.12. The molecule has 4 heteroatoms. The summed E-state index contributed by atoms with van der Waals surface area (Å²) in [6.45, 7) is 3.12. The first-order valence-electron chi connectivity index (χ1n) is 12.5. The molecule has 2 aromatic heterocycles. The SMILES string of the molecule is CC1(N)CCCCCCCC1c1cccccc(NCCc2c[nH]c3ccncc23)ccc1. The molecule has 0 spiro atoms. The molecular weight excluding hydrogens is 404 g/mol. The second kappa shape index (κ2) is 11.3. The number of aromatic amines is 1. The molecule has 1 aromatic carbocycles. The van der Waals surface area contributed by atoms with Crippen molar-refractivity contribution >= 4 is 16.6 Å². The summed E-state index contributed by atoms with van der Waals surface area (Å²) in [6.07, 6.45) is 15.5. The number of rotatable bonds is 5. The summed E-state index contributed by atoms with van der Waals surface area (Å²) in [5.74, 6) is 0.389. The van der Waals surface area contributed by atoms with Crippen LogP contribution < -0.4 is 11.1 Å². The van der Waals surface area contributed by atoms with Crippen LogP contribution in [0.25, 0.3) is 10.9 Å². The van der Waals surface area contributed by atoms with Gasteiger partial charge < -0.3 is 16.0 Å². The molecule has 1 fully saturated rings. The van der Waals surface area contributed by atoms with Crippen molar-refractivity contribution in [3.05, 3.63) is 84.3 Å². The van der Waals surface area contributed by atoms with Gasteiger partial charge in [-0.15, -0.1) is 0 Å². The van der Waals surface area contributed by atoms with Crippen LogP contribution in [0.1, 0.15) is 68.9 Å². The number of H-pyrrole nitrogens is 1. The minimum atomic E-state index is -0.159. The Hall–Kier alpha value is -2.85. The zero-order valence-electron chi connectivity index (χ0n) is 19.9. The van der Waals surface area contributed by atoms with E-state index in [0.29, 0.717) is 5.92 Å². The number of fused-ring (bicyclic) bond motifs is 1. The number of nitrogens with zero attached hydrogens (tertiary/aromatic N) is 1. The van der Waals surface area contributed by atoms with Crippen molar-refractivity contribution in [1.29, 1.82) is 0 Å². The number of anilines is 1. The van der Waals surface area contributed by atoms with E-state index in [2.05, 4.69) is 76.9 Å². The summed E-state index contributed by atoms with van der Waals surface area (Å²) in [7, 11) is 0. The molecule has 4 rings (SSSR count). The number of hydrogen-bond acceptors (Lipinski definition) is 3. The van der Waals surface area contributed by atoms with Crippen molar-refractivity contribution < 1.29 is 0 Å². The molecule has 1 aliphatic rings. The largest absolute Gasteiger partial charge is 0.385 e. The minimum Gasteiger partial charge on any atom is -0.385 e. The van der Waals surface area contributed by atoms with Crippen molar-refractivity contribution in [1.82, 2.24) is 9.97 Å². The summed E-state index contributed by atoms with van der Waals surface area (Å²) in [5, 5.41) is 4.79. The van der Waals surface area contributed by atoms with Crippen LogP contribution >= 0.6 is 0 Å². The van der Waals surface area contributed by atoms with E-state index in [9.17, 15) is 0 Å². The quantitative estimate of drug-likeness (QED) is 0.403. The molecule has 1 saturated carbocycles. The van der Waals surface area contributed by atoms with Crippen LogP contribution in [0.15, 0.2) is 73.2 Å². The standard InChI is InChI=1S/C29H38N4/c1-29(30)18-9-4-2-3-8-15-27(29)23-11-6-5-7-13-25(14-10-12-23)32-20-16-24-21-33-28-17-19-31-22-26(24)28/h5-7,10-14,17,19,21-22,27,32-33H,2-4,8-9,15-16,18,20,30H2,1H3. The van der Waals surface area contributed by atoms with Gasteiger partial charge in [0.25, 0.3) is 0 Å². The van der Waals surface area contributed by atoms with E-state index in [0.717, 1.165) is 30.6 Å². The van der Waals surface area contributed by atoms with E-state index in [1.165, 1.54) is 55.0 Å². The molecule has 33 heavy (non-hydrogen) atoms. The number of pyridine rings is 1. The summed E-state index contributed by atoms with van der Waals surface area (Å²) < 4.78 is 0. The molecule has 2 unspecified atom stereocenters. The van der Waals surface area contributed by atoms with E-state index >= 15 is 0 Å². The first kappa shape index (κ1) is 23.3. The lowest BCUT2D eigenvalue weighted by Gasteiger charge is -2.34. The Bertz CT molecular complexity index is 1080. The number of aromatic nitrogens is 2. The Balaban J connectivity index is 1.49. The van der Waals surface area contributed by atoms with Crippen molar-refractivity contribution in [2.24, 2.45) is 5.73 Å². The Morgan fingerprint density at radius 2 is 1.79 bits per heavy atom. The lowest BCUT2D eigenvalue weighted by Crippen LogP contribution is -2.42. The molecule has 174 valence electrons. The average Bonchev–Trinajstić information content (AvgIpc) is 3.25. The molecule has 1 aliphatic carbocycles. The van der Waals surface area contributed by atoms with Crippen LogP contribution in [0.3, 0.4) is 0 Å². The van der Waals surface area contributed by atoms with Crippen LogP contribution in [-0.4, -0.2) is 22.1 Å². The van der Waals surface area contributed by atoms with E-state index in [1.807, 2.05) is 18.5 Å². The first-order chi connectivity index (χ1) is 16.1. The molecule has 4 N–H and O–H groups in total. The van der Waals surface area contributed by atoms with Crippen LogP contribution in [0.2, 0.25) is 0 Å². The minimum absolute atomic E-state index is 0.159. The molecule has 2 atom stereocenters. The van der Waals surface area contributed by atoms with E-state index in [4.69, 9.17) is 5.73 Å². The highest BCUT2D eigenvalue weighted by Gasteiger charge is 2.30. The van der Waals surface area contributed by atoms with Gasteiger partial charge in [0.05, 0.1) is 0 Å². The molecule has 3 aromatic rings. The molecule has 0 aliphatic heterocycles.